The monoisotopic (exact) mass is 278 g/mol. The van der Waals surface area contributed by atoms with Crippen molar-refractivity contribution in [1.29, 1.82) is 0 Å². The SMILES string of the molecule is CC(=O)Nc1ccc(NCCSC(F)(F)F)cc1. The Kier molecular flexibility index (Phi) is 5.33. The van der Waals surface area contributed by atoms with Crippen molar-refractivity contribution in [3.63, 3.8) is 0 Å². The second kappa shape index (κ2) is 6.53. The fraction of sp³-hybridized carbons (Fsp3) is 0.364. The van der Waals surface area contributed by atoms with Crippen LogP contribution in [-0.2, 0) is 4.79 Å². The Bertz CT molecular complexity index is 392. The summed E-state index contributed by atoms with van der Waals surface area (Å²) in [6.07, 6.45) is 0. The highest BCUT2D eigenvalue weighted by atomic mass is 32.2. The van der Waals surface area contributed by atoms with Crippen LogP contribution in [0.15, 0.2) is 24.3 Å². The second-order valence-corrected chi connectivity index (χ2v) is 4.64. The molecule has 0 aliphatic heterocycles. The average molecular weight is 278 g/mol. The van der Waals surface area contributed by atoms with E-state index in [4.69, 9.17) is 0 Å². The third kappa shape index (κ3) is 6.39. The first kappa shape index (κ1) is 14.7. The summed E-state index contributed by atoms with van der Waals surface area (Å²) in [5.41, 5.74) is -2.82. The van der Waals surface area contributed by atoms with Crippen LogP contribution in [0.4, 0.5) is 24.5 Å². The van der Waals surface area contributed by atoms with Crippen molar-refractivity contribution < 1.29 is 18.0 Å². The van der Waals surface area contributed by atoms with Crippen molar-refractivity contribution in [3.05, 3.63) is 24.3 Å². The van der Waals surface area contributed by atoms with Gasteiger partial charge in [-0.3, -0.25) is 4.79 Å². The normalized spacial score (nSPS) is 11.1. The molecule has 3 nitrogen and oxygen atoms in total. The lowest BCUT2D eigenvalue weighted by Gasteiger charge is -2.09. The molecule has 0 aromatic heterocycles. The van der Waals surface area contributed by atoms with Crippen molar-refractivity contribution >= 4 is 29.0 Å². The van der Waals surface area contributed by atoms with E-state index in [0.29, 0.717) is 11.4 Å². The topological polar surface area (TPSA) is 41.1 Å². The molecular weight excluding hydrogens is 265 g/mol. The molecule has 0 heterocycles. The van der Waals surface area contributed by atoms with Gasteiger partial charge in [0, 0.05) is 30.6 Å². The van der Waals surface area contributed by atoms with Gasteiger partial charge >= 0.3 is 5.51 Å². The lowest BCUT2D eigenvalue weighted by Crippen LogP contribution is -2.09. The molecule has 1 aromatic rings. The quantitative estimate of drug-likeness (QED) is 0.812. The van der Waals surface area contributed by atoms with Crippen molar-refractivity contribution in [1.82, 2.24) is 0 Å². The van der Waals surface area contributed by atoms with Gasteiger partial charge in [0.05, 0.1) is 0 Å². The van der Waals surface area contributed by atoms with Gasteiger partial charge in [0.1, 0.15) is 0 Å². The van der Waals surface area contributed by atoms with Crippen LogP contribution in [0.25, 0.3) is 0 Å². The molecule has 0 saturated carbocycles. The molecule has 100 valence electrons. The Morgan fingerprint density at radius 3 is 2.28 bits per heavy atom. The van der Waals surface area contributed by atoms with Crippen molar-refractivity contribution in [2.75, 3.05) is 22.9 Å². The maximum absolute atomic E-state index is 11.9. The average Bonchev–Trinajstić information content (AvgIpc) is 2.24. The predicted octanol–water partition coefficient (Wildman–Crippen LogP) is 3.31. The van der Waals surface area contributed by atoms with Crippen LogP contribution in [-0.4, -0.2) is 23.7 Å². The molecule has 1 rings (SSSR count). The van der Waals surface area contributed by atoms with Crippen LogP contribution in [0.1, 0.15) is 6.92 Å². The molecule has 0 fully saturated rings. The summed E-state index contributed by atoms with van der Waals surface area (Å²) in [4.78, 5) is 10.8. The predicted molar refractivity (Wildman–Crippen MR) is 67.7 cm³/mol. The van der Waals surface area contributed by atoms with Gasteiger partial charge in [0.15, 0.2) is 0 Å². The van der Waals surface area contributed by atoms with Crippen molar-refractivity contribution in [2.45, 2.75) is 12.4 Å². The van der Waals surface area contributed by atoms with Crippen molar-refractivity contribution in [3.8, 4) is 0 Å². The highest BCUT2D eigenvalue weighted by Gasteiger charge is 2.27. The number of anilines is 2. The Morgan fingerprint density at radius 2 is 1.78 bits per heavy atom. The molecule has 18 heavy (non-hydrogen) atoms. The largest absolute Gasteiger partial charge is 0.441 e. The van der Waals surface area contributed by atoms with Crippen LogP contribution in [0.5, 0.6) is 0 Å². The molecule has 1 amide bonds. The summed E-state index contributed by atoms with van der Waals surface area (Å²) >= 11 is -0.0551. The Hall–Kier alpha value is -1.37. The molecule has 2 N–H and O–H groups in total. The summed E-state index contributed by atoms with van der Waals surface area (Å²) in [6, 6.07) is 6.76. The minimum Gasteiger partial charge on any atom is -0.384 e. The van der Waals surface area contributed by atoms with Gasteiger partial charge in [-0.15, -0.1) is 0 Å². The van der Waals surface area contributed by atoms with E-state index in [1.54, 1.807) is 24.3 Å². The van der Waals surface area contributed by atoms with E-state index in [2.05, 4.69) is 10.6 Å². The number of benzene rings is 1. The molecule has 7 heteroatoms. The lowest BCUT2D eigenvalue weighted by atomic mass is 10.3. The van der Waals surface area contributed by atoms with E-state index in [9.17, 15) is 18.0 Å². The number of hydrogen-bond donors (Lipinski definition) is 2. The molecule has 0 aliphatic rings. The van der Waals surface area contributed by atoms with Gasteiger partial charge in [-0.05, 0) is 36.0 Å². The van der Waals surface area contributed by atoms with E-state index in [1.165, 1.54) is 6.92 Å². The molecule has 0 spiro atoms. The molecule has 0 saturated heterocycles. The van der Waals surface area contributed by atoms with E-state index in [-0.39, 0.29) is 30.0 Å². The number of alkyl halides is 3. The van der Waals surface area contributed by atoms with Crippen LogP contribution < -0.4 is 10.6 Å². The third-order valence-corrected chi connectivity index (χ3v) is 2.64. The molecule has 1 aromatic carbocycles. The Labute approximate surface area is 107 Å². The number of thioether (sulfide) groups is 1. The minimum absolute atomic E-state index is 0.0447. The summed E-state index contributed by atoms with van der Waals surface area (Å²) in [6.45, 7) is 1.63. The van der Waals surface area contributed by atoms with Crippen LogP contribution >= 0.6 is 11.8 Å². The fourth-order valence-corrected chi connectivity index (χ4v) is 1.67. The van der Waals surface area contributed by atoms with E-state index < -0.39 is 5.51 Å². The molecular formula is C11H13F3N2OS. The molecule has 0 atom stereocenters. The number of carbonyl (C=O) groups excluding carboxylic acids is 1. The summed E-state index contributed by atoms with van der Waals surface area (Å²) < 4.78 is 35.6. The highest BCUT2D eigenvalue weighted by Crippen LogP contribution is 2.29. The molecule has 0 unspecified atom stereocenters. The molecule has 0 radical (unpaired) electrons. The van der Waals surface area contributed by atoms with Gasteiger partial charge < -0.3 is 10.6 Å². The number of halogens is 3. The standard InChI is InChI=1S/C11H13F3N2OS/c1-8(17)16-10-4-2-9(3-5-10)15-6-7-18-11(12,13)14/h2-5,15H,6-7H2,1H3,(H,16,17). The van der Waals surface area contributed by atoms with Crippen LogP contribution in [0, 0.1) is 0 Å². The number of carbonyl (C=O) groups is 1. The zero-order valence-electron chi connectivity index (χ0n) is 9.67. The van der Waals surface area contributed by atoms with Gasteiger partial charge in [0.25, 0.3) is 0 Å². The second-order valence-electron chi connectivity index (χ2n) is 3.48. The first-order valence-electron chi connectivity index (χ1n) is 5.19. The Balaban J connectivity index is 2.33. The van der Waals surface area contributed by atoms with Crippen molar-refractivity contribution in [2.24, 2.45) is 0 Å². The highest BCUT2D eigenvalue weighted by molar-refractivity contribution is 8.00. The zero-order valence-corrected chi connectivity index (χ0v) is 10.5. The molecule has 0 aliphatic carbocycles. The number of nitrogens with one attached hydrogen (secondary N) is 2. The number of rotatable bonds is 5. The zero-order chi connectivity index (χ0) is 13.6. The maximum atomic E-state index is 11.9. The van der Waals surface area contributed by atoms with E-state index >= 15 is 0 Å². The van der Waals surface area contributed by atoms with Crippen LogP contribution in [0.2, 0.25) is 0 Å². The Morgan fingerprint density at radius 1 is 1.22 bits per heavy atom. The van der Waals surface area contributed by atoms with Gasteiger partial charge in [-0.25, -0.2) is 0 Å². The van der Waals surface area contributed by atoms with Gasteiger partial charge in [-0.2, -0.15) is 13.2 Å². The first-order chi connectivity index (χ1) is 8.37. The van der Waals surface area contributed by atoms with E-state index in [0.717, 1.165) is 0 Å². The summed E-state index contributed by atoms with van der Waals surface area (Å²) in [5.74, 6) is -0.214. The summed E-state index contributed by atoms with van der Waals surface area (Å²) in [5, 5.41) is 5.46. The lowest BCUT2D eigenvalue weighted by molar-refractivity contribution is -0.114. The van der Waals surface area contributed by atoms with Gasteiger partial charge in [0.2, 0.25) is 5.91 Å². The van der Waals surface area contributed by atoms with E-state index in [1.807, 2.05) is 0 Å². The number of amides is 1. The van der Waals surface area contributed by atoms with Crippen LogP contribution in [0.3, 0.4) is 0 Å². The first-order valence-corrected chi connectivity index (χ1v) is 6.17. The molecule has 0 bridgehead atoms. The fourth-order valence-electron chi connectivity index (χ4n) is 1.24. The minimum atomic E-state index is -4.18. The summed E-state index contributed by atoms with van der Waals surface area (Å²) in [7, 11) is 0. The third-order valence-electron chi connectivity index (χ3n) is 1.90. The van der Waals surface area contributed by atoms with Gasteiger partial charge in [-0.1, -0.05) is 0 Å². The number of hydrogen-bond acceptors (Lipinski definition) is 3. The maximum Gasteiger partial charge on any atom is 0.441 e. The smallest absolute Gasteiger partial charge is 0.384 e.